The van der Waals surface area contributed by atoms with Gasteiger partial charge in [0.1, 0.15) is 5.69 Å². The van der Waals surface area contributed by atoms with Crippen LogP contribution in [-0.4, -0.2) is 39.7 Å². The van der Waals surface area contributed by atoms with Crippen molar-refractivity contribution < 1.29 is 4.79 Å². The molecule has 1 amide bonds. The lowest BCUT2D eigenvalue weighted by atomic mass is 10.0. The zero-order valence-electron chi connectivity index (χ0n) is 14.7. The molecule has 6 nitrogen and oxygen atoms in total. The second-order valence-electron chi connectivity index (χ2n) is 6.63. The minimum absolute atomic E-state index is 0.0476. The molecule has 1 aliphatic heterocycles. The summed E-state index contributed by atoms with van der Waals surface area (Å²) in [6, 6.07) is 11.9. The lowest BCUT2D eigenvalue weighted by Gasteiger charge is -2.32. The molecule has 1 aliphatic rings. The number of benzene rings is 1. The molecule has 0 spiro atoms. The van der Waals surface area contributed by atoms with Gasteiger partial charge in [-0.2, -0.15) is 10.4 Å². The van der Waals surface area contributed by atoms with Crippen LogP contribution in [0.4, 0.5) is 0 Å². The summed E-state index contributed by atoms with van der Waals surface area (Å²) < 4.78 is 1.63. The predicted molar refractivity (Wildman–Crippen MR) is 94.9 cm³/mol. The van der Waals surface area contributed by atoms with Gasteiger partial charge in [-0.3, -0.25) is 14.4 Å². The van der Waals surface area contributed by atoms with E-state index >= 15 is 0 Å². The topological polar surface area (TPSA) is 74.0 Å². The standard InChI is InChI=1S/C19H23N5O/c1-14-11-18(23(2)22-14)19(25)21-17-7-9-24(10-8-17)13-16-5-3-15(12-20)4-6-16/h3-6,11,17H,7-10,13H2,1-2H3,(H,21,25). The summed E-state index contributed by atoms with van der Waals surface area (Å²) >= 11 is 0. The first-order valence-corrected chi connectivity index (χ1v) is 8.58. The summed E-state index contributed by atoms with van der Waals surface area (Å²) in [4.78, 5) is 14.8. The molecule has 0 bridgehead atoms. The second-order valence-corrected chi connectivity index (χ2v) is 6.63. The van der Waals surface area contributed by atoms with Gasteiger partial charge in [0.05, 0.1) is 17.3 Å². The maximum Gasteiger partial charge on any atom is 0.269 e. The zero-order valence-corrected chi connectivity index (χ0v) is 14.7. The van der Waals surface area contributed by atoms with Crippen LogP contribution in [0.15, 0.2) is 30.3 Å². The molecule has 0 aliphatic carbocycles. The largest absolute Gasteiger partial charge is 0.348 e. The molecule has 0 radical (unpaired) electrons. The molecule has 1 aromatic heterocycles. The van der Waals surface area contributed by atoms with Crippen molar-refractivity contribution in [1.29, 1.82) is 5.26 Å². The van der Waals surface area contributed by atoms with E-state index in [2.05, 4.69) is 21.4 Å². The number of aryl methyl sites for hydroxylation is 2. The fourth-order valence-electron chi connectivity index (χ4n) is 3.26. The Morgan fingerprint density at radius 2 is 2.00 bits per heavy atom. The normalized spacial score (nSPS) is 15.7. The van der Waals surface area contributed by atoms with Crippen LogP contribution in [0.3, 0.4) is 0 Å². The van der Waals surface area contributed by atoms with Crippen LogP contribution < -0.4 is 5.32 Å². The minimum atomic E-state index is -0.0476. The van der Waals surface area contributed by atoms with Crippen LogP contribution in [0, 0.1) is 18.3 Å². The van der Waals surface area contributed by atoms with Crippen molar-refractivity contribution in [2.45, 2.75) is 32.4 Å². The van der Waals surface area contributed by atoms with Crippen LogP contribution in [0.2, 0.25) is 0 Å². The van der Waals surface area contributed by atoms with Gasteiger partial charge in [0.15, 0.2) is 0 Å². The van der Waals surface area contributed by atoms with E-state index in [4.69, 9.17) is 5.26 Å². The van der Waals surface area contributed by atoms with Crippen molar-refractivity contribution in [2.24, 2.45) is 7.05 Å². The highest BCUT2D eigenvalue weighted by molar-refractivity contribution is 5.92. The Morgan fingerprint density at radius 3 is 2.56 bits per heavy atom. The molecule has 3 rings (SSSR count). The van der Waals surface area contributed by atoms with Crippen molar-refractivity contribution in [3.63, 3.8) is 0 Å². The molecular formula is C19H23N5O. The van der Waals surface area contributed by atoms with Crippen LogP contribution in [0.5, 0.6) is 0 Å². The quantitative estimate of drug-likeness (QED) is 0.926. The molecule has 1 aromatic carbocycles. The molecule has 2 aromatic rings. The zero-order chi connectivity index (χ0) is 17.8. The lowest BCUT2D eigenvalue weighted by Crippen LogP contribution is -2.44. The summed E-state index contributed by atoms with van der Waals surface area (Å²) in [5, 5.41) is 16.2. The Balaban J connectivity index is 1.49. The molecule has 1 saturated heterocycles. The minimum Gasteiger partial charge on any atom is -0.348 e. The number of nitriles is 1. The molecular weight excluding hydrogens is 314 g/mol. The molecule has 0 unspecified atom stereocenters. The number of hydrogen-bond acceptors (Lipinski definition) is 4. The third-order valence-corrected chi connectivity index (χ3v) is 4.65. The highest BCUT2D eigenvalue weighted by atomic mass is 16.2. The van der Waals surface area contributed by atoms with Crippen LogP contribution in [0.25, 0.3) is 0 Å². The summed E-state index contributed by atoms with van der Waals surface area (Å²) in [5.41, 5.74) is 3.37. The van der Waals surface area contributed by atoms with E-state index in [1.54, 1.807) is 11.7 Å². The van der Waals surface area contributed by atoms with Gasteiger partial charge in [0.2, 0.25) is 0 Å². The first-order chi connectivity index (χ1) is 12.0. The van der Waals surface area contributed by atoms with Gasteiger partial charge >= 0.3 is 0 Å². The highest BCUT2D eigenvalue weighted by Gasteiger charge is 2.22. The third kappa shape index (κ3) is 4.25. The number of piperidine rings is 1. The average molecular weight is 337 g/mol. The van der Waals surface area contributed by atoms with Gasteiger partial charge in [0.25, 0.3) is 5.91 Å². The molecule has 1 N–H and O–H groups in total. The summed E-state index contributed by atoms with van der Waals surface area (Å²) in [6.07, 6.45) is 1.89. The summed E-state index contributed by atoms with van der Waals surface area (Å²) in [5.74, 6) is -0.0476. The highest BCUT2D eigenvalue weighted by Crippen LogP contribution is 2.15. The van der Waals surface area contributed by atoms with Crippen LogP contribution in [-0.2, 0) is 13.6 Å². The first kappa shape index (κ1) is 17.2. The number of amides is 1. The molecule has 130 valence electrons. The van der Waals surface area contributed by atoms with Gasteiger partial charge < -0.3 is 5.32 Å². The second kappa shape index (κ2) is 7.49. The average Bonchev–Trinajstić information content (AvgIpc) is 2.96. The van der Waals surface area contributed by atoms with Gasteiger partial charge in [-0.05, 0) is 43.5 Å². The maximum atomic E-state index is 12.4. The third-order valence-electron chi connectivity index (χ3n) is 4.65. The Labute approximate surface area is 148 Å². The van der Waals surface area contributed by atoms with E-state index in [9.17, 15) is 4.79 Å². The fraction of sp³-hybridized carbons (Fsp3) is 0.421. The van der Waals surface area contributed by atoms with E-state index in [-0.39, 0.29) is 11.9 Å². The van der Waals surface area contributed by atoms with Gasteiger partial charge in [-0.15, -0.1) is 0 Å². The van der Waals surface area contributed by atoms with Crippen molar-refractivity contribution >= 4 is 5.91 Å². The lowest BCUT2D eigenvalue weighted by molar-refractivity contribution is 0.0899. The molecule has 6 heteroatoms. The molecule has 2 heterocycles. The van der Waals surface area contributed by atoms with E-state index < -0.39 is 0 Å². The summed E-state index contributed by atoms with van der Waals surface area (Å²) in [6.45, 7) is 4.68. The van der Waals surface area contributed by atoms with Crippen LogP contribution in [0.1, 0.15) is 40.2 Å². The van der Waals surface area contributed by atoms with Crippen molar-refractivity contribution in [1.82, 2.24) is 20.0 Å². The van der Waals surface area contributed by atoms with Crippen molar-refractivity contribution in [3.05, 3.63) is 52.8 Å². The smallest absolute Gasteiger partial charge is 0.269 e. The van der Waals surface area contributed by atoms with Gasteiger partial charge in [0, 0.05) is 32.7 Å². The Hall–Kier alpha value is -2.65. The number of carbonyl (C=O) groups is 1. The number of carbonyl (C=O) groups excluding carboxylic acids is 1. The fourth-order valence-corrected chi connectivity index (χ4v) is 3.26. The van der Waals surface area contributed by atoms with Gasteiger partial charge in [-0.1, -0.05) is 12.1 Å². The summed E-state index contributed by atoms with van der Waals surface area (Å²) in [7, 11) is 1.79. The van der Waals surface area contributed by atoms with E-state index in [1.807, 2.05) is 37.3 Å². The molecule has 25 heavy (non-hydrogen) atoms. The van der Waals surface area contributed by atoms with Crippen molar-refractivity contribution in [3.8, 4) is 6.07 Å². The number of aromatic nitrogens is 2. The Morgan fingerprint density at radius 1 is 1.32 bits per heavy atom. The molecule has 0 saturated carbocycles. The van der Waals surface area contributed by atoms with Gasteiger partial charge in [-0.25, -0.2) is 0 Å². The molecule has 0 atom stereocenters. The number of likely N-dealkylation sites (tertiary alicyclic amines) is 1. The van der Waals surface area contributed by atoms with Crippen LogP contribution >= 0.6 is 0 Å². The Kier molecular flexibility index (Phi) is 5.15. The van der Waals surface area contributed by atoms with E-state index in [0.717, 1.165) is 38.2 Å². The van der Waals surface area contributed by atoms with E-state index in [1.165, 1.54) is 5.56 Å². The van der Waals surface area contributed by atoms with Crippen molar-refractivity contribution in [2.75, 3.05) is 13.1 Å². The molecule has 1 fully saturated rings. The monoisotopic (exact) mass is 337 g/mol. The Bertz CT molecular complexity index is 779. The SMILES string of the molecule is Cc1cc(C(=O)NC2CCN(Cc3ccc(C#N)cc3)CC2)n(C)n1. The first-order valence-electron chi connectivity index (χ1n) is 8.58. The number of nitrogens with one attached hydrogen (secondary N) is 1. The predicted octanol–water partition coefficient (Wildman–Crippen LogP) is 1.99. The number of hydrogen-bond donors (Lipinski definition) is 1. The number of nitrogens with zero attached hydrogens (tertiary/aromatic N) is 4. The maximum absolute atomic E-state index is 12.4. The number of rotatable bonds is 4. The van der Waals surface area contributed by atoms with E-state index in [0.29, 0.717) is 11.3 Å².